The molecule has 5 nitrogen and oxygen atoms in total. The predicted molar refractivity (Wildman–Crippen MR) is 118 cm³/mol. The Kier molecular flexibility index (Phi) is 8.00. The fraction of sp³-hybridized carbons (Fsp3) is 0.346. The summed E-state index contributed by atoms with van der Waals surface area (Å²) in [6.07, 6.45) is 7.73. The van der Waals surface area contributed by atoms with Crippen molar-refractivity contribution in [2.24, 2.45) is 5.92 Å². The molecule has 3 rings (SSSR count). The molecule has 0 saturated heterocycles. The van der Waals surface area contributed by atoms with Crippen LogP contribution < -0.4 is 4.74 Å². The Balaban J connectivity index is 1.47. The van der Waals surface area contributed by atoms with Crippen LogP contribution in [0.2, 0.25) is 0 Å². The van der Waals surface area contributed by atoms with Crippen molar-refractivity contribution in [3.63, 3.8) is 0 Å². The summed E-state index contributed by atoms with van der Waals surface area (Å²) in [5.41, 5.74) is 2.05. The summed E-state index contributed by atoms with van der Waals surface area (Å²) in [7, 11) is 0. The summed E-state index contributed by atoms with van der Waals surface area (Å²) in [6, 6.07) is 16.3. The zero-order valence-corrected chi connectivity index (χ0v) is 17.6. The number of benzene rings is 2. The third-order valence-electron chi connectivity index (χ3n) is 5.84. The van der Waals surface area contributed by atoms with Gasteiger partial charge in [-0.1, -0.05) is 30.8 Å². The molecule has 0 radical (unpaired) electrons. The van der Waals surface area contributed by atoms with Crippen molar-refractivity contribution in [1.82, 2.24) is 0 Å². The molecule has 1 aliphatic carbocycles. The Labute approximate surface area is 183 Å². The Morgan fingerprint density at radius 1 is 1.06 bits per heavy atom. The summed E-state index contributed by atoms with van der Waals surface area (Å²) < 4.78 is 10.4. The van der Waals surface area contributed by atoms with Gasteiger partial charge in [-0.15, -0.1) is 0 Å². The van der Waals surface area contributed by atoms with E-state index in [1.807, 2.05) is 18.2 Å². The number of rotatable bonds is 8. The molecular formula is C26H27NO4. The van der Waals surface area contributed by atoms with E-state index in [4.69, 9.17) is 14.7 Å². The molecule has 0 bridgehead atoms. The first-order chi connectivity index (χ1) is 15.1. The molecule has 0 atom stereocenters. The monoisotopic (exact) mass is 417 g/mol. The molecule has 31 heavy (non-hydrogen) atoms. The van der Waals surface area contributed by atoms with Gasteiger partial charge in [0.2, 0.25) is 0 Å². The van der Waals surface area contributed by atoms with E-state index in [-0.39, 0.29) is 11.7 Å². The lowest BCUT2D eigenvalue weighted by Gasteiger charge is -2.29. The standard InChI is InChI=1S/C26H27NO4/c1-2-25(28)30-17-5-6-19-9-11-20(12-10-19)21-13-15-22(16-14-21)26(29)31-24-8-4-3-7-23(24)18-27/h2-4,7-8,13-16,19-20H,1,5-6,9-12,17H2/t19-,20-. The third-order valence-corrected chi connectivity index (χ3v) is 5.84. The zero-order chi connectivity index (χ0) is 22.1. The van der Waals surface area contributed by atoms with Crippen molar-refractivity contribution in [1.29, 1.82) is 5.26 Å². The quantitative estimate of drug-likeness (QED) is 0.243. The van der Waals surface area contributed by atoms with E-state index in [2.05, 4.69) is 6.58 Å². The van der Waals surface area contributed by atoms with E-state index in [1.54, 1.807) is 36.4 Å². The van der Waals surface area contributed by atoms with E-state index in [9.17, 15) is 9.59 Å². The third kappa shape index (κ3) is 6.29. The Morgan fingerprint density at radius 2 is 1.77 bits per heavy atom. The smallest absolute Gasteiger partial charge is 0.343 e. The summed E-state index contributed by atoms with van der Waals surface area (Å²) in [6.45, 7) is 3.85. The number of nitriles is 1. The molecule has 0 N–H and O–H groups in total. The highest BCUT2D eigenvalue weighted by Gasteiger charge is 2.22. The van der Waals surface area contributed by atoms with E-state index in [1.165, 1.54) is 11.6 Å². The first kappa shape index (κ1) is 22.3. The number of carbonyl (C=O) groups excluding carboxylic acids is 2. The van der Waals surface area contributed by atoms with Gasteiger partial charge in [-0.25, -0.2) is 9.59 Å². The van der Waals surface area contributed by atoms with Crippen molar-refractivity contribution in [3.05, 3.63) is 77.9 Å². The summed E-state index contributed by atoms with van der Waals surface area (Å²) >= 11 is 0. The summed E-state index contributed by atoms with van der Waals surface area (Å²) in [4.78, 5) is 23.5. The molecule has 0 aromatic heterocycles. The maximum absolute atomic E-state index is 12.4. The molecule has 160 valence electrons. The fourth-order valence-corrected chi connectivity index (χ4v) is 4.09. The summed E-state index contributed by atoms with van der Waals surface area (Å²) in [5, 5.41) is 9.13. The van der Waals surface area contributed by atoms with E-state index < -0.39 is 5.97 Å². The second-order valence-corrected chi connectivity index (χ2v) is 7.85. The first-order valence-electron chi connectivity index (χ1n) is 10.7. The largest absolute Gasteiger partial charge is 0.463 e. The number of para-hydroxylation sites is 1. The van der Waals surface area contributed by atoms with Gasteiger partial charge in [-0.3, -0.25) is 0 Å². The second kappa shape index (κ2) is 11.1. The highest BCUT2D eigenvalue weighted by molar-refractivity contribution is 5.91. The molecule has 0 spiro atoms. The molecular weight excluding hydrogens is 390 g/mol. The van der Waals surface area contributed by atoms with Crippen LogP contribution >= 0.6 is 0 Å². The van der Waals surface area contributed by atoms with Gasteiger partial charge < -0.3 is 9.47 Å². The van der Waals surface area contributed by atoms with Crippen LogP contribution in [0.25, 0.3) is 0 Å². The van der Waals surface area contributed by atoms with Gasteiger partial charge in [0.1, 0.15) is 11.8 Å². The maximum atomic E-state index is 12.4. The molecule has 5 heteroatoms. The molecule has 2 aromatic rings. The van der Waals surface area contributed by atoms with Crippen molar-refractivity contribution in [2.45, 2.75) is 44.4 Å². The molecule has 1 aliphatic rings. The molecule has 0 heterocycles. The molecule has 2 aromatic carbocycles. The number of carbonyl (C=O) groups is 2. The highest BCUT2D eigenvalue weighted by Crippen LogP contribution is 2.37. The minimum absolute atomic E-state index is 0.275. The lowest BCUT2D eigenvalue weighted by atomic mass is 9.77. The second-order valence-electron chi connectivity index (χ2n) is 7.85. The fourth-order valence-electron chi connectivity index (χ4n) is 4.09. The Morgan fingerprint density at radius 3 is 2.45 bits per heavy atom. The van der Waals surface area contributed by atoms with E-state index in [0.717, 1.165) is 38.5 Å². The number of hydrogen-bond acceptors (Lipinski definition) is 5. The number of esters is 2. The maximum Gasteiger partial charge on any atom is 0.343 e. The van der Waals surface area contributed by atoms with Crippen LogP contribution in [0.4, 0.5) is 0 Å². The van der Waals surface area contributed by atoms with Gasteiger partial charge in [0.25, 0.3) is 0 Å². The first-order valence-corrected chi connectivity index (χ1v) is 10.7. The average molecular weight is 418 g/mol. The van der Waals surface area contributed by atoms with Crippen molar-refractivity contribution in [2.75, 3.05) is 6.61 Å². The topological polar surface area (TPSA) is 76.4 Å². The van der Waals surface area contributed by atoms with Crippen LogP contribution in [0.1, 0.15) is 65.9 Å². The molecule has 0 aliphatic heterocycles. The van der Waals surface area contributed by atoms with Gasteiger partial charge in [0.05, 0.1) is 17.7 Å². The van der Waals surface area contributed by atoms with Crippen LogP contribution in [0.15, 0.2) is 61.2 Å². The van der Waals surface area contributed by atoms with Crippen molar-refractivity contribution < 1.29 is 19.1 Å². The van der Waals surface area contributed by atoms with E-state index in [0.29, 0.717) is 29.6 Å². The van der Waals surface area contributed by atoms with Crippen LogP contribution in [-0.4, -0.2) is 18.5 Å². The van der Waals surface area contributed by atoms with Gasteiger partial charge in [-0.2, -0.15) is 5.26 Å². The number of nitrogens with zero attached hydrogens (tertiary/aromatic N) is 1. The minimum Gasteiger partial charge on any atom is -0.463 e. The number of hydrogen-bond donors (Lipinski definition) is 0. The molecule has 0 amide bonds. The SMILES string of the molecule is C=CC(=O)OCCC[C@H]1CC[C@H](c2ccc(C(=O)Oc3ccccc3C#N)cc2)CC1. The lowest BCUT2D eigenvalue weighted by molar-refractivity contribution is -0.137. The highest BCUT2D eigenvalue weighted by atomic mass is 16.5. The van der Waals surface area contributed by atoms with Gasteiger partial charge in [-0.05, 0) is 80.2 Å². The van der Waals surface area contributed by atoms with Crippen molar-refractivity contribution >= 4 is 11.9 Å². The Bertz CT molecular complexity index is 950. The van der Waals surface area contributed by atoms with E-state index >= 15 is 0 Å². The van der Waals surface area contributed by atoms with Gasteiger partial charge in [0.15, 0.2) is 0 Å². The average Bonchev–Trinajstić information content (AvgIpc) is 2.82. The van der Waals surface area contributed by atoms with Crippen LogP contribution in [0.3, 0.4) is 0 Å². The van der Waals surface area contributed by atoms with Gasteiger partial charge in [0, 0.05) is 6.08 Å². The minimum atomic E-state index is -0.463. The van der Waals surface area contributed by atoms with Crippen molar-refractivity contribution in [3.8, 4) is 11.8 Å². The van der Waals surface area contributed by atoms with Gasteiger partial charge >= 0.3 is 11.9 Å². The zero-order valence-electron chi connectivity index (χ0n) is 17.6. The molecule has 1 fully saturated rings. The van der Waals surface area contributed by atoms with Crippen LogP contribution in [-0.2, 0) is 9.53 Å². The normalized spacial score (nSPS) is 17.9. The predicted octanol–water partition coefficient (Wildman–Crippen LogP) is 5.56. The Hall–Kier alpha value is -3.39. The summed E-state index contributed by atoms with van der Waals surface area (Å²) in [5.74, 6) is 0.629. The molecule has 1 saturated carbocycles. The van der Waals surface area contributed by atoms with Crippen LogP contribution in [0, 0.1) is 17.2 Å². The lowest BCUT2D eigenvalue weighted by Crippen LogP contribution is -2.15. The van der Waals surface area contributed by atoms with Crippen LogP contribution in [0.5, 0.6) is 5.75 Å². The molecule has 0 unspecified atom stereocenters. The number of ether oxygens (including phenoxy) is 2.